The second-order valence-corrected chi connectivity index (χ2v) is 7.19. The highest BCUT2D eigenvalue weighted by molar-refractivity contribution is 5.93. The molecule has 156 valence electrons. The first-order valence-corrected chi connectivity index (χ1v) is 10.1. The molecule has 0 aliphatic carbocycles. The number of rotatable bonds is 7. The van der Waals surface area contributed by atoms with Crippen molar-refractivity contribution in [2.45, 2.75) is 33.1 Å². The first-order valence-electron chi connectivity index (χ1n) is 10.1. The summed E-state index contributed by atoms with van der Waals surface area (Å²) in [5, 5.41) is 8.84. The van der Waals surface area contributed by atoms with E-state index >= 15 is 0 Å². The summed E-state index contributed by atoms with van der Waals surface area (Å²) >= 11 is 0. The normalized spacial score (nSPS) is 10.2. The molecule has 0 N–H and O–H groups in total. The van der Waals surface area contributed by atoms with Gasteiger partial charge in [-0.15, -0.1) is 0 Å². The van der Waals surface area contributed by atoms with Gasteiger partial charge in [0.2, 0.25) is 0 Å². The van der Waals surface area contributed by atoms with E-state index in [1.54, 1.807) is 61.5 Å². The van der Waals surface area contributed by atoms with E-state index in [-0.39, 0.29) is 0 Å². The Bertz CT molecular complexity index is 1110. The average Bonchev–Trinajstić information content (AvgIpc) is 2.78. The first kappa shape index (κ1) is 21.8. The summed E-state index contributed by atoms with van der Waals surface area (Å²) in [5.41, 5.74) is 3.14. The van der Waals surface area contributed by atoms with Crippen LogP contribution in [0.2, 0.25) is 0 Å². The lowest BCUT2D eigenvalue weighted by Gasteiger charge is -2.10. The van der Waals surface area contributed by atoms with Crippen LogP contribution in [0.4, 0.5) is 0 Å². The van der Waals surface area contributed by atoms with E-state index in [0.717, 1.165) is 19.3 Å². The Kier molecular flexibility index (Phi) is 7.18. The van der Waals surface area contributed by atoms with E-state index in [4.69, 9.17) is 14.7 Å². The summed E-state index contributed by atoms with van der Waals surface area (Å²) in [4.78, 5) is 24.9. The number of hydrogen-bond acceptors (Lipinski definition) is 5. The second-order valence-electron chi connectivity index (χ2n) is 7.19. The van der Waals surface area contributed by atoms with Gasteiger partial charge in [0.25, 0.3) is 0 Å². The SMILES string of the molecule is CCCCc1ccc(C(=O)Oc2ccc(C(=O)Oc3ccc(C#N)cc3)c(C)c2)cc1. The minimum atomic E-state index is -0.525. The highest BCUT2D eigenvalue weighted by Crippen LogP contribution is 2.21. The zero-order chi connectivity index (χ0) is 22.2. The Morgan fingerprint density at radius 1 is 0.871 bits per heavy atom. The van der Waals surface area contributed by atoms with Gasteiger partial charge in [-0.05, 0) is 85.5 Å². The van der Waals surface area contributed by atoms with Gasteiger partial charge in [0.15, 0.2) is 0 Å². The summed E-state index contributed by atoms with van der Waals surface area (Å²) in [6, 6.07) is 20.5. The lowest BCUT2D eigenvalue weighted by molar-refractivity contribution is 0.0730. The Morgan fingerprint density at radius 3 is 2.13 bits per heavy atom. The van der Waals surface area contributed by atoms with E-state index in [1.165, 1.54) is 5.56 Å². The molecule has 0 spiro atoms. The summed E-state index contributed by atoms with van der Waals surface area (Å²) in [6.07, 6.45) is 3.23. The van der Waals surface area contributed by atoms with Gasteiger partial charge in [-0.2, -0.15) is 5.26 Å². The second kappa shape index (κ2) is 10.2. The van der Waals surface area contributed by atoms with Crippen LogP contribution < -0.4 is 9.47 Å². The maximum atomic E-state index is 12.5. The molecular weight excluding hydrogens is 390 g/mol. The Hall–Kier alpha value is -3.91. The Labute approximate surface area is 181 Å². The van der Waals surface area contributed by atoms with Crippen molar-refractivity contribution < 1.29 is 19.1 Å². The lowest BCUT2D eigenvalue weighted by atomic mass is 10.1. The van der Waals surface area contributed by atoms with Crippen molar-refractivity contribution in [1.29, 1.82) is 5.26 Å². The number of esters is 2. The maximum absolute atomic E-state index is 12.5. The van der Waals surface area contributed by atoms with E-state index in [1.807, 2.05) is 18.2 Å². The summed E-state index contributed by atoms with van der Waals surface area (Å²) in [5.74, 6) is -0.272. The molecule has 0 fully saturated rings. The topological polar surface area (TPSA) is 76.4 Å². The third kappa shape index (κ3) is 5.80. The number of aryl methyl sites for hydroxylation is 2. The van der Waals surface area contributed by atoms with Gasteiger partial charge in [-0.25, -0.2) is 9.59 Å². The molecule has 0 radical (unpaired) electrons. The lowest BCUT2D eigenvalue weighted by Crippen LogP contribution is -2.12. The molecule has 3 rings (SSSR count). The summed E-state index contributed by atoms with van der Waals surface area (Å²) < 4.78 is 10.8. The zero-order valence-electron chi connectivity index (χ0n) is 17.6. The fourth-order valence-electron chi connectivity index (χ4n) is 3.04. The van der Waals surface area contributed by atoms with E-state index in [9.17, 15) is 9.59 Å². The predicted octanol–water partition coefficient (Wildman–Crippen LogP) is 5.65. The molecule has 0 atom stereocenters. The van der Waals surface area contributed by atoms with E-state index < -0.39 is 11.9 Å². The molecule has 5 nitrogen and oxygen atoms in total. The van der Waals surface area contributed by atoms with Gasteiger partial charge >= 0.3 is 11.9 Å². The maximum Gasteiger partial charge on any atom is 0.343 e. The highest BCUT2D eigenvalue weighted by Gasteiger charge is 2.15. The van der Waals surface area contributed by atoms with Crippen molar-refractivity contribution >= 4 is 11.9 Å². The van der Waals surface area contributed by atoms with Crippen molar-refractivity contribution in [3.05, 3.63) is 94.5 Å². The molecule has 0 aliphatic rings. The molecule has 31 heavy (non-hydrogen) atoms. The van der Waals surface area contributed by atoms with Gasteiger partial charge in [0, 0.05) is 0 Å². The van der Waals surface area contributed by atoms with Crippen molar-refractivity contribution in [2.24, 2.45) is 0 Å². The smallest absolute Gasteiger partial charge is 0.343 e. The first-order chi connectivity index (χ1) is 15.0. The molecule has 0 bridgehead atoms. The van der Waals surface area contributed by atoms with Crippen molar-refractivity contribution in [3.63, 3.8) is 0 Å². The third-order valence-electron chi connectivity index (χ3n) is 4.83. The number of nitrogens with zero attached hydrogens (tertiary/aromatic N) is 1. The molecule has 0 aromatic heterocycles. The van der Waals surface area contributed by atoms with Crippen LogP contribution >= 0.6 is 0 Å². The minimum absolute atomic E-state index is 0.348. The fraction of sp³-hybridized carbons (Fsp3) is 0.192. The van der Waals surface area contributed by atoms with Crippen LogP contribution in [0, 0.1) is 18.3 Å². The van der Waals surface area contributed by atoms with Crippen LogP contribution in [0.15, 0.2) is 66.7 Å². The zero-order valence-corrected chi connectivity index (χ0v) is 17.6. The quantitative estimate of drug-likeness (QED) is 0.370. The Morgan fingerprint density at radius 2 is 1.52 bits per heavy atom. The number of benzene rings is 3. The number of nitriles is 1. The summed E-state index contributed by atoms with van der Waals surface area (Å²) in [6.45, 7) is 3.89. The van der Waals surface area contributed by atoms with Gasteiger partial charge in [0.05, 0.1) is 22.8 Å². The molecule has 0 heterocycles. The number of carbonyl (C=O) groups is 2. The van der Waals surface area contributed by atoms with Crippen LogP contribution in [0.25, 0.3) is 0 Å². The number of hydrogen-bond donors (Lipinski definition) is 0. The van der Waals surface area contributed by atoms with Crippen LogP contribution in [-0.4, -0.2) is 11.9 Å². The highest BCUT2D eigenvalue weighted by atomic mass is 16.5. The molecule has 3 aromatic carbocycles. The standard InChI is InChI=1S/C26H23NO4/c1-3-4-5-19-6-10-21(11-7-19)25(28)31-23-14-15-24(18(2)16-23)26(29)30-22-12-8-20(17-27)9-13-22/h6-16H,3-5H2,1-2H3. The van der Waals surface area contributed by atoms with Gasteiger partial charge in [0.1, 0.15) is 11.5 Å². The monoisotopic (exact) mass is 413 g/mol. The molecule has 5 heteroatoms. The van der Waals surface area contributed by atoms with Crippen molar-refractivity contribution in [2.75, 3.05) is 0 Å². The largest absolute Gasteiger partial charge is 0.423 e. The van der Waals surface area contributed by atoms with Crippen LogP contribution in [0.5, 0.6) is 11.5 Å². The van der Waals surface area contributed by atoms with Crippen molar-refractivity contribution in [1.82, 2.24) is 0 Å². The minimum Gasteiger partial charge on any atom is -0.423 e. The molecule has 0 saturated carbocycles. The molecule has 0 saturated heterocycles. The molecule has 0 amide bonds. The van der Waals surface area contributed by atoms with Gasteiger partial charge in [-0.1, -0.05) is 25.5 Å². The van der Waals surface area contributed by atoms with E-state index in [2.05, 4.69) is 6.92 Å². The predicted molar refractivity (Wildman–Crippen MR) is 117 cm³/mol. The van der Waals surface area contributed by atoms with Crippen molar-refractivity contribution in [3.8, 4) is 17.6 Å². The van der Waals surface area contributed by atoms with Crippen LogP contribution in [0.1, 0.15) is 57.2 Å². The van der Waals surface area contributed by atoms with Crippen LogP contribution in [0.3, 0.4) is 0 Å². The number of unbranched alkanes of at least 4 members (excludes halogenated alkanes) is 1. The third-order valence-corrected chi connectivity index (χ3v) is 4.83. The van der Waals surface area contributed by atoms with Gasteiger partial charge < -0.3 is 9.47 Å². The number of carbonyl (C=O) groups excluding carboxylic acids is 2. The molecule has 0 unspecified atom stereocenters. The molecular formula is C26H23NO4. The van der Waals surface area contributed by atoms with E-state index in [0.29, 0.717) is 33.8 Å². The average molecular weight is 413 g/mol. The fourth-order valence-corrected chi connectivity index (χ4v) is 3.04. The van der Waals surface area contributed by atoms with Gasteiger partial charge in [-0.3, -0.25) is 0 Å². The number of ether oxygens (including phenoxy) is 2. The Balaban J connectivity index is 1.64. The molecule has 0 aliphatic heterocycles. The molecule has 3 aromatic rings. The summed E-state index contributed by atoms with van der Waals surface area (Å²) in [7, 11) is 0. The van der Waals surface area contributed by atoms with Crippen LogP contribution in [-0.2, 0) is 6.42 Å².